The summed E-state index contributed by atoms with van der Waals surface area (Å²) in [5.41, 5.74) is 6.20. The molecule has 5 aromatic carbocycles. The Morgan fingerprint density at radius 2 is 1.43 bits per heavy atom. The molecule has 1 aliphatic heterocycles. The SMILES string of the molecule is CC1(C)c2ccccc2Oc2ccc3c(c21)c1ccc(Oc2ccc4c5ccccc5n5ccnc5c4c2)cc1n3-c1ccccn1. The van der Waals surface area contributed by atoms with Gasteiger partial charge in [-0.15, -0.1) is 0 Å². The number of benzene rings is 5. The Kier molecular flexibility index (Phi) is 5.24. The Morgan fingerprint density at radius 1 is 0.617 bits per heavy atom. The highest BCUT2D eigenvalue weighted by Crippen LogP contribution is 2.52. The Balaban J connectivity index is 1.18. The van der Waals surface area contributed by atoms with Gasteiger partial charge in [0.15, 0.2) is 0 Å². The minimum Gasteiger partial charge on any atom is -0.457 e. The summed E-state index contributed by atoms with van der Waals surface area (Å²) in [7, 11) is 0. The van der Waals surface area contributed by atoms with Gasteiger partial charge in [0.1, 0.15) is 34.5 Å². The maximum Gasteiger partial charge on any atom is 0.145 e. The number of fused-ring (bicyclic) bond motifs is 12. The van der Waals surface area contributed by atoms with Crippen LogP contribution in [0, 0.1) is 0 Å². The van der Waals surface area contributed by atoms with Gasteiger partial charge in [0, 0.05) is 62.7 Å². The van der Waals surface area contributed by atoms with Crippen molar-refractivity contribution in [3.63, 3.8) is 0 Å². The van der Waals surface area contributed by atoms with Crippen molar-refractivity contribution in [1.29, 1.82) is 0 Å². The standard InChI is InChI=1S/C41H28N4O2/c1-41(2)31-10-4-6-12-35(31)47-36-19-18-33-38(39(36)41)29-17-15-26(24-34(29)45(33)37-13-7-8-20-42-37)46-25-14-16-27-28-9-3-5-11-32(28)44-22-21-43-40(44)30(27)23-25/h3-24H,1-2H3. The van der Waals surface area contributed by atoms with Crippen molar-refractivity contribution >= 4 is 49.1 Å². The molecule has 0 saturated heterocycles. The van der Waals surface area contributed by atoms with Crippen LogP contribution in [0.5, 0.6) is 23.0 Å². The number of imidazole rings is 1. The lowest BCUT2D eigenvalue weighted by atomic mass is 9.74. The van der Waals surface area contributed by atoms with Crippen molar-refractivity contribution in [2.45, 2.75) is 19.3 Å². The monoisotopic (exact) mass is 608 g/mol. The molecule has 0 unspecified atom stereocenters. The molecule has 0 fully saturated rings. The van der Waals surface area contributed by atoms with Gasteiger partial charge in [0.25, 0.3) is 0 Å². The highest BCUT2D eigenvalue weighted by Gasteiger charge is 2.37. The number of hydrogen-bond acceptors (Lipinski definition) is 4. The Labute approximate surface area is 270 Å². The molecule has 6 nitrogen and oxygen atoms in total. The lowest BCUT2D eigenvalue weighted by Gasteiger charge is -2.35. The fourth-order valence-corrected chi connectivity index (χ4v) is 7.65. The number of para-hydroxylation sites is 2. The average molecular weight is 609 g/mol. The van der Waals surface area contributed by atoms with E-state index in [0.717, 1.165) is 72.6 Å². The van der Waals surface area contributed by atoms with Crippen LogP contribution in [0.25, 0.3) is 54.9 Å². The molecule has 6 heteroatoms. The number of nitrogens with zero attached hydrogens (tertiary/aromatic N) is 4. The second-order valence-corrected chi connectivity index (χ2v) is 12.7. The molecule has 10 rings (SSSR count). The quantitative estimate of drug-likeness (QED) is 0.187. The van der Waals surface area contributed by atoms with Crippen molar-refractivity contribution in [2.75, 3.05) is 0 Å². The zero-order valence-corrected chi connectivity index (χ0v) is 25.8. The van der Waals surface area contributed by atoms with Crippen molar-refractivity contribution in [2.24, 2.45) is 0 Å². The van der Waals surface area contributed by atoms with E-state index in [1.54, 1.807) is 0 Å². The molecule has 47 heavy (non-hydrogen) atoms. The number of ether oxygens (including phenoxy) is 2. The number of aromatic nitrogens is 4. The van der Waals surface area contributed by atoms with Crippen molar-refractivity contribution < 1.29 is 9.47 Å². The van der Waals surface area contributed by atoms with Gasteiger partial charge < -0.3 is 9.47 Å². The topological polar surface area (TPSA) is 53.6 Å². The minimum absolute atomic E-state index is 0.282. The van der Waals surface area contributed by atoms with Gasteiger partial charge in [-0.1, -0.05) is 56.3 Å². The molecule has 0 spiro atoms. The van der Waals surface area contributed by atoms with E-state index < -0.39 is 0 Å². The maximum atomic E-state index is 6.62. The first-order valence-electron chi connectivity index (χ1n) is 15.8. The molecule has 0 bridgehead atoms. The Hall–Kier alpha value is -6.14. The van der Waals surface area contributed by atoms with E-state index in [-0.39, 0.29) is 5.41 Å². The van der Waals surface area contributed by atoms with Gasteiger partial charge in [-0.2, -0.15) is 0 Å². The third-order valence-corrected chi connectivity index (χ3v) is 9.71. The molecule has 0 atom stereocenters. The maximum absolute atomic E-state index is 6.62. The van der Waals surface area contributed by atoms with E-state index in [0.29, 0.717) is 0 Å². The summed E-state index contributed by atoms with van der Waals surface area (Å²) < 4.78 is 17.5. The Bertz CT molecular complexity index is 2720. The first kappa shape index (κ1) is 26.1. The van der Waals surface area contributed by atoms with Gasteiger partial charge in [-0.25, -0.2) is 9.97 Å². The summed E-state index contributed by atoms with van der Waals surface area (Å²) in [5.74, 6) is 4.13. The molecule has 0 N–H and O–H groups in total. The zero-order valence-electron chi connectivity index (χ0n) is 25.8. The van der Waals surface area contributed by atoms with E-state index >= 15 is 0 Å². The normalized spacial score (nSPS) is 13.7. The van der Waals surface area contributed by atoms with Gasteiger partial charge in [0.2, 0.25) is 0 Å². The van der Waals surface area contributed by atoms with Crippen molar-refractivity contribution in [3.05, 3.63) is 145 Å². The molecular weight excluding hydrogens is 580 g/mol. The van der Waals surface area contributed by atoms with Gasteiger partial charge in [-0.3, -0.25) is 8.97 Å². The van der Waals surface area contributed by atoms with Crippen molar-refractivity contribution in [1.82, 2.24) is 18.9 Å². The molecular formula is C41H28N4O2. The molecule has 1 aliphatic rings. The summed E-state index contributed by atoms with van der Waals surface area (Å²) in [6, 6.07) is 39.7. The molecule has 0 radical (unpaired) electrons. The van der Waals surface area contributed by atoms with Gasteiger partial charge in [0.05, 0.1) is 16.6 Å². The first-order chi connectivity index (χ1) is 23.1. The van der Waals surface area contributed by atoms with E-state index in [9.17, 15) is 0 Å². The predicted molar refractivity (Wildman–Crippen MR) is 187 cm³/mol. The molecule has 4 aromatic heterocycles. The third kappa shape index (κ3) is 3.66. The van der Waals surface area contributed by atoms with Crippen LogP contribution in [-0.2, 0) is 5.41 Å². The summed E-state index contributed by atoms with van der Waals surface area (Å²) in [4.78, 5) is 9.49. The predicted octanol–water partition coefficient (Wildman–Crippen LogP) is 10.4. The highest BCUT2D eigenvalue weighted by molar-refractivity contribution is 6.13. The molecule has 0 amide bonds. The summed E-state index contributed by atoms with van der Waals surface area (Å²) in [6.07, 6.45) is 5.70. The van der Waals surface area contributed by atoms with Crippen LogP contribution < -0.4 is 9.47 Å². The fraction of sp³-hybridized carbons (Fsp3) is 0.0732. The van der Waals surface area contributed by atoms with Crippen LogP contribution in [-0.4, -0.2) is 18.9 Å². The third-order valence-electron chi connectivity index (χ3n) is 9.71. The van der Waals surface area contributed by atoms with Crippen molar-refractivity contribution in [3.8, 4) is 28.8 Å². The van der Waals surface area contributed by atoms with Gasteiger partial charge >= 0.3 is 0 Å². The van der Waals surface area contributed by atoms with E-state index in [2.05, 4.69) is 108 Å². The van der Waals surface area contributed by atoms with E-state index in [1.165, 1.54) is 16.5 Å². The van der Waals surface area contributed by atoms with Crippen LogP contribution in [0.15, 0.2) is 134 Å². The smallest absolute Gasteiger partial charge is 0.145 e. The number of rotatable bonds is 3. The largest absolute Gasteiger partial charge is 0.457 e. The van der Waals surface area contributed by atoms with Crippen LogP contribution >= 0.6 is 0 Å². The second kappa shape index (κ2) is 9.44. The molecule has 0 aliphatic carbocycles. The van der Waals surface area contributed by atoms with Crippen LogP contribution in [0.4, 0.5) is 0 Å². The number of pyridine rings is 2. The minimum atomic E-state index is -0.282. The van der Waals surface area contributed by atoms with Gasteiger partial charge in [-0.05, 0) is 72.1 Å². The lowest BCUT2D eigenvalue weighted by molar-refractivity contribution is 0.420. The molecule has 9 aromatic rings. The second-order valence-electron chi connectivity index (χ2n) is 12.7. The average Bonchev–Trinajstić information content (AvgIpc) is 3.72. The Morgan fingerprint density at radius 3 is 2.32 bits per heavy atom. The van der Waals surface area contributed by atoms with Crippen LogP contribution in [0.3, 0.4) is 0 Å². The summed E-state index contributed by atoms with van der Waals surface area (Å²) in [6.45, 7) is 4.57. The molecule has 5 heterocycles. The number of hydrogen-bond donors (Lipinski definition) is 0. The zero-order chi connectivity index (χ0) is 31.3. The summed E-state index contributed by atoms with van der Waals surface area (Å²) >= 11 is 0. The van der Waals surface area contributed by atoms with Crippen LogP contribution in [0.2, 0.25) is 0 Å². The lowest BCUT2D eigenvalue weighted by Crippen LogP contribution is -2.24. The molecule has 224 valence electrons. The fourth-order valence-electron chi connectivity index (χ4n) is 7.65. The molecule has 0 saturated carbocycles. The van der Waals surface area contributed by atoms with E-state index in [4.69, 9.17) is 19.4 Å². The van der Waals surface area contributed by atoms with E-state index in [1.807, 2.05) is 48.9 Å². The first-order valence-corrected chi connectivity index (χ1v) is 15.8. The van der Waals surface area contributed by atoms with Crippen LogP contribution in [0.1, 0.15) is 25.0 Å². The highest BCUT2D eigenvalue weighted by atomic mass is 16.5. The summed E-state index contributed by atoms with van der Waals surface area (Å²) in [5, 5.41) is 5.65.